The lowest BCUT2D eigenvalue weighted by molar-refractivity contribution is -0.297. The van der Waals surface area contributed by atoms with Gasteiger partial charge in [-0.3, -0.25) is 19.2 Å². The van der Waals surface area contributed by atoms with Gasteiger partial charge >= 0.3 is 11.9 Å². The van der Waals surface area contributed by atoms with E-state index in [0.29, 0.717) is 0 Å². The average Bonchev–Trinajstić information content (AvgIpc) is 2.76. The normalized spacial score (nSPS) is 26.4. The number of carboxylic acid groups (broad SMARTS) is 2. The zero-order chi connectivity index (χ0) is 25.8. The summed E-state index contributed by atoms with van der Waals surface area (Å²) in [4.78, 5) is 45.8. The number of hydrogen-bond acceptors (Lipinski definition) is 12. The minimum atomic E-state index is -1.57. The maximum Gasteiger partial charge on any atom is 0.321 e. The second-order valence-electron chi connectivity index (χ2n) is 7.61. The van der Waals surface area contributed by atoms with Crippen molar-refractivity contribution in [3.8, 4) is 0 Å². The molecule has 196 valence electrons. The lowest BCUT2D eigenvalue weighted by Gasteiger charge is -2.39. The fourth-order valence-electron chi connectivity index (χ4n) is 3.08. The zero-order valence-electron chi connectivity index (χ0n) is 18.3. The van der Waals surface area contributed by atoms with Gasteiger partial charge in [-0.15, -0.1) is 0 Å². The van der Waals surface area contributed by atoms with E-state index in [4.69, 9.17) is 35.3 Å². The van der Waals surface area contributed by atoms with Gasteiger partial charge in [0.25, 0.3) is 0 Å². The highest BCUT2D eigenvalue weighted by atomic mass is 16.7. The zero-order valence-corrected chi connectivity index (χ0v) is 18.3. The number of nitrogens with two attached hydrogens (primary N) is 1. The summed E-state index contributed by atoms with van der Waals surface area (Å²) in [6.45, 7) is -0.648. The van der Waals surface area contributed by atoms with Gasteiger partial charge in [-0.05, 0) is 6.42 Å². The first-order valence-electron chi connectivity index (χ1n) is 10.5. The molecule has 1 aliphatic rings. The summed E-state index contributed by atoms with van der Waals surface area (Å²) >= 11 is 0. The van der Waals surface area contributed by atoms with Gasteiger partial charge in [-0.25, -0.2) is 0 Å². The van der Waals surface area contributed by atoms with Crippen LogP contribution in [0.15, 0.2) is 0 Å². The third-order valence-electron chi connectivity index (χ3n) is 4.92. The number of Topliss-reactive ketones (excluding diaryl/α,β-unsaturated/α-hetero) is 1. The van der Waals surface area contributed by atoms with Gasteiger partial charge in [0, 0.05) is 13.0 Å². The number of rotatable bonds is 16. The fraction of sp³-hybridized carbons (Fsp3) is 0.789. The molecular formula is C19H32N2O13. The van der Waals surface area contributed by atoms with Gasteiger partial charge in [-0.1, -0.05) is 0 Å². The molecule has 34 heavy (non-hydrogen) atoms. The molecule has 1 amide bonds. The summed E-state index contributed by atoms with van der Waals surface area (Å²) in [5, 5.41) is 58.4. The number of carbonyl (C=O) groups is 4. The lowest BCUT2D eigenvalue weighted by atomic mass is 9.99. The van der Waals surface area contributed by atoms with Crippen LogP contribution >= 0.6 is 0 Å². The molecule has 0 aromatic heterocycles. The summed E-state index contributed by atoms with van der Waals surface area (Å²) in [5.41, 5.74) is 5.25. The van der Waals surface area contributed by atoms with E-state index in [1.54, 1.807) is 0 Å². The predicted molar refractivity (Wildman–Crippen MR) is 109 cm³/mol. The minimum absolute atomic E-state index is 0.00792. The molecule has 1 saturated heterocycles. The summed E-state index contributed by atoms with van der Waals surface area (Å²) < 4.78 is 15.5. The van der Waals surface area contributed by atoms with E-state index < -0.39 is 85.9 Å². The highest BCUT2D eigenvalue weighted by molar-refractivity contribution is 5.93. The Morgan fingerprint density at radius 3 is 2.26 bits per heavy atom. The number of nitrogens with one attached hydrogen (secondary N) is 1. The average molecular weight is 496 g/mol. The van der Waals surface area contributed by atoms with Gasteiger partial charge in [0.05, 0.1) is 38.7 Å². The van der Waals surface area contributed by atoms with E-state index in [0.717, 1.165) is 0 Å². The van der Waals surface area contributed by atoms with Crippen molar-refractivity contribution in [3.63, 3.8) is 0 Å². The van der Waals surface area contributed by atoms with Crippen molar-refractivity contribution in [2.75, 3.05) is 26.4 Å². The molecule has 1 fully saturated rings. The largest absolute Gasteiger partial charge is 0.481 e. The van der Waals surface area contributed by atoms with Crippen LogP contribution in [0.25, 0.3) is 0 Å². The molecule has 1 rings (SSSR count). The summed E-state index contributed by atoms with van der Waals surface area (Å²) in [6.07, 6.45) is -8.19. The Hall–Kier alpha value is -2.24. The van der Waals surface area contributed by atoms with Gasteiger partial charge in [0.2, 0.25) is 5.91 Å². The highest BCUT2D eigenvalue weighted by Crippen LogP contribution is 2.22. The number of hydrogen-bond donors (Lipinski definition) is 8. The Kier molecular flexibility index (Phi) is 13.1. The Morgan fingerprint density at radius 2 is 1.68 bits per heavy atom. The Balaban J connectivity index is 2.34. The van der Waals surface area contributed by atoms with E-state index in [9.17, 15) is 34.5 Å². The molecule has 1 aliphatic heterocycles. The van der Waals surface area contributed by atoms with Gasteiger partial charge < -0.3 is 55.9 Å². The first kappa shape index (κ1) is 29.8. The molecule has 0 bridgehead atoms. The van der Waals surface area contributed by atoms with E-state index in [1.807, 2.05) is 0 Å². The summed E-state index contributed by atoms with van der Waals surface area (Å²) in [7, 11) is 0. The van der Waals surface area contributed by atoms with Gasteiger partial charge in [0.15, 0.2) is 12.1 Å². The number of amides is 1. The second-order valence-corrected chi connectivity index (χ2v) is 7.61. The number of aliphatic hydroxyl groups excluding tert-OH is 4. The molecule has 15 nitrogen and oxygen atoms in total. The van der Waals surface area contributed by atoms with Crippen molar-refractivity contribution in [2.24, 2.45) is 5.73 Å². The monoisotopic (exact) mass is 496 g/mol. The van der Waals surface area contributed by atoms with Crippen LogP contribution in [0.3, 0.4) is 0 Å². The molecule has 4 unspecified atom stereocenters. The molecule has 15 heteroatoms. The van der Waals surface area contributed by atoms with Crippen LogP contribution in [0, 0.1) is 0 Å². The van der Waals surface area contributed by atoms with E-state index in [-0.39, 0.29) is 32.7 Å². The van der Waals surface area contributed by atoms with Gasteiger partial charge in [0.1, 0.15) is 30.5 Å². The number of carbonyl (C=O) groups excluding carboxylic acids is 2. The summed E-state index contributed by atoms with van der Waals surface area (Å²) in [5.74, 6) is -4.20. The molecule has 0 aromatic rings. The molecule has 7 atom stereocenters. The third-order valence-corrected chi connectivity index (χ3v) is 4.92. The molecule has 9 N–H and O–H groups in total. The van der Waals surface area contributed by atoms with E-state index in [2.05, 4.69) is 5.32 Å². The Bertz CT molecular complexity index is 691. The first-order chi connectivity index (χ1) is 16.0. The van der Waals surface area contributed by atoms with Crippen LogP contribution < -0.4 is 11.1 Å². The quantitative estimate of drug-likeness (QED) is 0.0946. The van der Waals surface area contributed by atoms with Crippen LogP contribution in [0.2, 0.25) is 0 Å². The second kappa shape index (κ2) is 14.9. The maximum atomic E-state index is 12.3. The minimum Gasteiger partial charge on any atom is -0.481 e. The molecule has 0 aliphatic carbocycles. The van der Waals surface area contributed by atoms with E-state index in [1.165, 1.54) is 0 Å². The van der Waals surface area contributed by atoms with E-state index >= 15 is 0 Å². The first-order valence-corrected chi connectivity index (χ1v) is 10.5. The predicted octanol–water partition coefficient (Wildman–Crippen LogP) is -4.07. The number of ether oxygens (including phenoxy) is 3. The maximum absolute atomic E-state index is 12.3. The van der Waals surface area contributed by atoms with Gasteiger partial charge in [-0.2, -0.15) is 0 Å². The number of ketones is 1. The van der Waals surface area contributed by atoms with Crippen molar-refractivity contribution in [1.82, 2.24) is 5.32 Å². The topological polar surface area (TPSA) is 255 Å². The standard InChI is InChI=1S/C19H32N2O13/c20-9(18(29)30)6-13(24)21-10(7-14(25)26)11(23)2-1-3-32-4-5-33-17-16(28)15(27)12(8-22)34-19(17)31/h9-10,12,15-17,19,22,27-28,31H,1-8,20H2,(H,21,24)(H,25,26)(H,29,30)/t9?,10?,12?,15-,16+,17?,19-/m1/s1. The molecule has 1 heterocycles. The van der Waals surface area contributed by atoms with Crippen molar-refractivity contribution >= 4 is 23.6 Å². The SMILES string of the molecule is NC(CC(=O)NC(CC(=O)O)C(=O)CCCOCCOC1[C@H](O)OC(CO)[C@@H](O)[C@@H]1O)C(=O)O. The van der Waals surface area contributed by atoms with Crippen LogP contribution in [-0.4, -0.2) is 123 Å². The molecule has 0 aromatic carbocycles. The summed E-state index contributed by atoms with van der Waals surface area (Å²) in [6, 6.07) is -2.84. The number of carboxylic acids is 2. The highest BCUT2D eigenvalue weighted by Gasteiger charge is 2.44. The molecule has 0 radical (unpaired) electrons. The van der Waals surface area contributed by atoms with Crippen LogP contribution in [-0.2, 0) is 33.4 Å². The smallest absolute Gasteiger partial charge is 0.321 e. The number of aliphatic hydroxyl groups is 4. The fourth-order valence-corrected chi connectivity index (χ4v) is 3.08. The van der Waals surface area contributed by atoms with Crippen LogP contribution in [0.4, 0.5) is 0 Å². The van der Waals surface area contributed by atoms with Crippen LogP contribution in [0.1, 0.15) is 25.7 Å². The van der Waals surface area contributed by atoms with Crippen molar-refractivity contribution in [2.45, 2.75) is 68.5 Å². The molecule has 0 saturated carbocycles. The lowest BCUT2D eigenvalue weighted by Crippen LogP contribution is -2.59. The van der Waals surface area contributed by atoms with Crippen LogP contribution in [0.5, 0.6) is 0 Å². The number of aliphatic carboxylic acids is 2. The molecule has 0 spiro atoms. The van der Waals surface area contributed by atoms with Crippen molar-refractivity contribution < 1.29 is 64.0 Å². The molecular weight excluding hydrogens is 464 g/mol. The Labute approximate surface area is 194 Å². The Morgan fingerprint density at radius 1 is 1.00 bits per heavy atom. The van der Waals surface area contributed by atoms with Crippen molar-refractivity contribution in [1.29, 1.82) is 0 Å². The third kappa shape index (κ3) is 9.94. The van der Waals surface area contributed by atoms with Crippen molar-refractivity contribution in [3.05, 3.63) is 0 Å².